The van der Waals surface area contributed by atoms with E-state index in [4.69, 9.17) is 85.3 Å². The third-order valence-electron chi connectivity index (χ3n) is 25.1. The number of fused-ring (bicyclic) bond motifs is 5. The first kappa shape index (κ1) is 82.3. The van der Waals surface area contributed by atoms with Gasteiger partial charge >= 0.3 is 11.9 Å². The Morgan fingerprint density at radius 2 is 1.11 bits per heavy atom. The van der Waals surface area contributed by atoms with Crippen LogP contribution in [-0.2, 0) is 94.9 Å². The van der Waals surface area contributed by atoms with Crippen LogP contribution >= 0.6 is 0 Å². The van der Waals surface area contributed by atoms with Crippen molar-refractivity contribution in [2.45, 2.75) is 334 Å². The summed E-state index contributed by atoms with van der Waals surface area (Å²) in [6.07, 6.45) is -19.9. The van der Waals surface area contributed by atoms with Gasteiger partial charge in [0.1, 0.15) is 96.2 Å². The number of carbonyl (C=O) groups excluding carboxylic acids is 2. The van der Waals surface area contributed by atoms with Gasteiger partial charge in [-0.25, -0.2) is 9.59 Å². The second-order valence-electron chi connectivity index (χ2n) is 31.0. The Balaban J connectivity index is 0.673. The Morgan fingerprint density at radius 1 is 0.590 bits per heavy atom. The number of hydrogen-bond acceptors (Lipinski definition) is 30. The van der Waals surface area contributed by atoms with Crippen molar-refractivity contribution in [1.29, 1.82) is 0 Å². The predicted molar refractivity (Wildman–Crippen MR) is 365 cm³/mol. The zero-order valence-corrected chi connectivity index (χ0v) is 62.5. The van der Waals surface area contributed by atoms with Crippen LogP contribution in [0.4, 0.5) is 0 Å². The summed E-state index contributed by atoms with van der Waals surface area (Å²) in [6, 6.07) is 9.15. The number of hydrogen-bond donors (Lipinski definition) is 10. The van der Waals surface area contributed by atoms with Crippen LogP contribution in [-0.4, -0.2) is 299 Å². The molecule has 0 amide bonds. The molecule has 30 nitrogen and oxygen atoms in total. The topological polar surface area (TPSA) is 403 Å². The first-order valence-electron chi connectivity index (χ1n) is 37.0. The zero-order valence-electron chi connectivity index (χ0n) is 62.5. The van der Waals surface area contributed by atoms with E-state index in [1.54, 1.807) is 74.2 Å². The number of benzene rings is 1. The first-order chi connectivity index (χ1) is 49.7. The maximum absolute atomic E-state index is 14.0. The van der Waals surface area contributed by atoms with Crippen molar-refractivity contribution < 1.29 is 146 Å². The molecule has 4 aliphatic carbocycles. The molecule has 10 aliphatic rings. The third kappa shape index (κ3) is 15.5. The highest BCUT2D eigenvalue weighted by atomic mass is 16.8. The molecule has 1 aromatic rings. The van der Waals surface area contributed by atoms with Crippen molar-refractivity contribution in [1.82, 2.24) is 0 Å². The summed E-state index contributed by atoms with van der Waals surface area (Å²) in [5.41, 5.74) is -9.83. The summed E-state index contributed by atoms with van der Waals surface area (Å²) in [5.74, 6) is -2.36. The average molecular weight is 1500 g/mol. The average Bonchev–Trinajstić information content (AvgIpc) is 1.59. The Bertz CT molecular complexity index is 3150. The molecule has 6 aliphatic heterocycles. The zero-order chi connectivity index (χ0) is 76.2. The maximum Gasteiger partial charge on any atom is 0.333 e. The minimum absolute atomic E-state index is 0.0488. The van der Waals surface area contributed by atoms with Gasteiger partial charge in [0.05, 0.1) is 78.7 Å². The quantitative estimate of drug-likeness (QED) is 0.0426. The van der Waals surface area contributed by atoms with E-state index in [1.807, 2.05) is 58.0 Å². The lowest BCUT2D eigenvalue weighted by Gasteiger charge is -2.68. The highest BCUT2D eigenvalue weighted by Gasteiger charge is 2.82. The maximum atomic E-state index is 14.0. The van der Waals surface area contributed by atoms with Gasteiger partial charge in [0.15, 0.2) is 37.7 Å². The summed E-state index contributed by atoms with van der Waals surface area (Å²) in [7, 11) is 6.04. The molecule has 10 N–H and O–H groups in total. The molecule has 6 saturated heterocycles. The van der Waals surface area contributed by atoms with Crippen LogP contribution in [0.3, 0.4) is 0 Å². The van der Waals surface area contributed by atoms with E-state index in [0.29, 0.717) is 18.4 Å². The molecular formula is C75H114O30. The van der Waals surface area contributed by atoms with Gasteiger partial charge in [0.25, 0.3) is 0 Å². The van der Waals surface area contributed by atoms with E-state index in [9.17, 15) is 60.7 Å². The van der Waals surface area contributed by atoms with Crippen molar-refractivity contribution in [3.8, 4) is 0 Å². The molecular weight excluding hydrogens is 1380 g/mol. The number of aliphatic hydroxyl groups is 10. The second kappa shape index (κ2) is 33.0. The third-order valence-corrected chi connectivity index (χ3v) is 25.1. The monoisotopic (exact) mass is 1490 g/mol. The molecule has 0 spiro atoms. The van der Waals surface area contributed by atoms with Gasteiger partial charge in [-0.05, 0) is 99.1 Å². The van der Waals surface area contributed by atoms with E-state index in [1.165, 1.54) is 26.2 Å². The number of methoxy groups -OCH3 is 4. The van der Waals surface area contributed by atoms with E-state index in [0.717, 1.165) is 5.56 Å². The lowest BCUT2D eigenvalue weighted by atomic mass is 9.41. The summed E-state index contributed by atoms with van der Waals surface area (Å²) in [6.45, 7) is 16.4. The number of allylic oxidation sites excluding steroid dienone is 1. The molecule has 0 bridgehead atoms. The smallest absolute Gasteiger partial charge is 0.333 e. The van der Waals surface area contributed by atoms with Gasteiger partial charge in [-0.15, -0.1) is 0 Å². The van der Waals surface area contributed by atoms with Gasteiger partial charge in [-0.2, -0.15) is 0 Å². The van der Waals surface area contributed by atoms with Crippen LogP contribution in [0, 0.1) is 16.7 Å². The van der Waals surface area contributed by atoms with Gasteiger partial charge in [-0.3, -0.25) is 0 Å². The number of carbonyl (C=O) groups is 2. The molecule has 11 rings (SSSR count). The normalized spacial score (nSPS) is 49.1. The second-order valence-corrected chi connectivity index (χ2v) is 31.0. The number of rotatable bonds is 23. The molecule has 0 aromatic heterocycles. The standard InChI is InChI=1S/C75H114O30/c1-15-36(2)67(83)97-42(8)73(85)27-28-75(87)71(73,10)51(100-52(78)22-21-43-19-17-16-18-20-43)33-50-70(9)24-23-44(34-72(70,84)25-26-74(50,75)86)98-54-30-46(88-11)63(38(4)93-54)102-56-32-48(90-13)64(40(6)95-56)103-55-31-47(89-12)62(39(5)94-55)101-53-29-45(77)61(37(3)92-53)104-69-60(82)66(91-14)65(41(7)96-69)105-68-59(81)58(80)57(79)49(35-76)99-68/h15-22,25-26,37-42,44-51,53-66,68-69,76-77,79-82,84-87H,23-24,27-35H2,1-14H3/b22-21+,36-15+/t37-,38-,39-,40-,41-,42?,44+,45-,46+,47+,48-,49-,50-,51-,53+,54+,55+,56+,57-,58+,59-,60-,61-,62-,63-,64-,65-,66+,68+,69+,70-,71-,72-,73-,74+,75-/m1/s1. The van der Waals surface area contributed by atoms with E-state index in [-0.39, 0.29) is 51.4 Å². The molecule has 0 radical (unpaired) electrons. The number of aliphatic hydroxyl groups excluding tert-OH is 6. The summed E-state index contributed by atoms with van der Waals surface area (Å²) < 4.78 is 112. The highest BCUT2D eigenvalue weighted by molar-refractivity contribution is 5.88. The molecule has 1 aromatic carbocycles. The van der Waals surface area contributed by atoms with Crippen molar-refractivity contribution in [3.05, 3.63) is 65.8 Å². The minimum atomic E-state index is -2.18. The van der Waals surface area contributed by atoms with E-state index < -0.39 is 236 Å². The van der Waals surface area contributed by atoms with Crippen LogP contribution in [0.2, 0.25) is 0 Å². The minimum Gasteiger partial charge on any atom is -0.458 e. The molecule has 3 saturated carbocycles. The van der Waals surface area contributed by atoms with E-state index in [2.05, 4.69) is 0 Å². The first-order valence-corrected chi connectivity index (χ1v) is 37.0. The van der Waals surface area contributed by atoms with Crippen LogP contribution in [0.25, 0.3) is 6.08 Å². The molecule has 30 heteroatoms. The predicted octanol–water partition coefficient (Wildman–Crippen LogP) is 2.19. The molecule has 105 heavy (non-hydrogen) atoms. The molecule has 594 valence electrons. The Labute approximate surface area is 613 Å². The Morgan fingerprint density at radius 3 is 1.65 bits per heavy atom. The fourth-order valence-corrected chi connectivity index (χ4v) is 18.6. The Kier molecular flexibility index (Phi) is 25.8. The molecule has 36 atom stereocenters. The van der Waals surface area contributed by atoms with Gasteiger partial charge in [0.2, 0.25) is 0 Å². The van der Waals surface area contributed by atoms with Crippen LogP contribution in [0.1, 0.15) is 139 Å². The van der Waals surface area contributed by atoms with Crippen molar-refractivity contribution in [2.24, 2.45) is 16.7 Å². The fraction of sp³-hybridized carbons (Fsp3) is 0.813. The lowest BCUT2D eigenvalue weighted by molar-refractivity contribution is -0.373. The summed E-state index contributed by atoms with van der Waals surface area (Å²) in [4.78, 5) is 27.2. The van der Waals surface area contributed by atoms with Gasteiger partial charge in [0, 0.05) is 83.5 Å². The lowest BCUT2D eigenvalue weighted by Crippen LogP contribution is -2.80. The van der Waals surface area contributed by atoms with Gasteiger partial charge < -0.3 is 136 Å². The summed E-state index contributed by atoms with van der Waals surface area (Å²) >= 11 is 0. The molecule has 1 unspecified atom stereocenters. The van der Waals surface area contributed by atoms with E-state index >= 15 is 0 Å². The number of ether oxygens (including phenoxy) is 18. The summed E-state index contributed by atoms with van der Waals surface area (Å²) in [5, 5.41) is 117. The highest BCUT2D eigenvalue weighted by Crippen LogP contribution is 2.72. The van der Waals surface area contributed by atoms with Crippen LogP contribution in [0.15, 0.2) is 60.2 Å². The Hall–Kier alpha value is -3.66. The van der Waals surface area contributed by atoms with Crippen molar-refractivity contribution >= 4 is 18.0 Å². The number of esters is 2. The van der Waals surface area contributed by atoms with Crippen molar-refractivity contribution in [2.75, 3.05) is 35.0 Å². The van der Waals surface area contributed by atoms with Crippen LogP contribution in [0.5, 0.6) is 0 Å². The molecule has 6 heterocycles. The van der Waals surface area contributed by atoms with Crippen LogP contribution < -0.4 is 0 Å². The van der Waals surface area contributed by atoms with Crippen molar-refractivity contribution in [3.63, 3.8) is 0 Å². The largest absolute Gasteiger partial charge is 0.458 e. The van der Waals surface area contributed by atoms with Gasteiger partial charge in [-0.1, -0.05) is 62.4 Å². The SMILES string of the molecule is C/C=C(\C)C(=O)OC(C)[C@]1(O)CC[C@@]2(O)[C@]1(C)[C@H](OC(=O)/C=C/c1ccccc1)C[C@H]1[C@@]2(O)C=C[C@@]2(O)C[C@@H](O[C@H]3C[C@H](OC)[C@H](O[C@H]4C[C@@H](OC)[C@H](O[C@H]5C[C@H](OC)[C@H](O[C@H]6C[C@@H](O)[C@H](O[C@@H]7O[C@H](C)[C@@H](O[C@@H]8O[C@H](CO)[C@@H](O)[C@H](O)[C@H]8O)[C@@H](OC)[C@H]7O)[C@@H](C)O6)[C@@H](C)O5)[C@@H](C)O4)[C@@H](C)O3)CC[C@]12C. The molecule has 9 fully saturated rings. The fourth-order valence-electron chi connectivity index (χ4n) is 18.6.